The number of aliphatic hydroxyl groups excluding tert-OH is 1. The van der Waals surface area contributed by atoms with Gasteiger partial charge in [0.15, 0.2) is 11.5 Å². The molecule has 1 aromatic carbocycles. The third kappa shape index (κ3) is 7.81. The van der Waals surface area contributed by atoms with Crippen molar-refractivity contribution in [2.75, 3.05) is 13.6 Å². The van der Waals surface area contributed by atoms with Crippen molar-refractivity contribution in [1.82, 2.24) is 5.32 Å². The maximum absolute atomic E-state index is 9.48. The first-order valence-electron chi connectivity index (χ1n) is 4.69. The Labute approximate surface area is 104 Å². The van der Waals surface area contributed by atoms with Gasteiger partial charge in [0, 0.05) is 6.54 Å². The highest BCUT2D eigenvalue weighted by molar-refractivity contribution is 7.79. The van der Waals surface area contributed by atoms with Gasteiger partial charge in [-0.05, 0) is 24.7 Å². The first-order valence-corrected chi connectivity index (χ1v) is 6.09. The molecule has 0 bridgehead atoms. The van der Waals surface area contributed by atoms with Crippen LogP contribution in [-0.4, -0.2) is 46.4 Å². The molecule has 0 aliphatic heterocycles. The van der Waals surface area contributed by atoms with Crippen LogP contribution >= 0.6 is 0 Å². The first-order chi connectivity index (χ1) is 8.15. The fraction of sp³-hybridized carbons (Fsp3) is 0.333. The summed E-state index contributed by atoms with van der Waals surface area (Å²) in [4.78, 5) is 0. The van der Waals surface area contributed by atoms with Crippen LogP contribution in [0.4, 0.5) is 0 Å². The minimum atomic E-state index is -4.67. The summed E-state index contributed by atoms with van der Waals surface area (Å²) in [6.07, 6.45) is -0.670. The van der Waals surface area contributed by atoms with E-state index in [1.54, 1.807) is 13.1 Å². The monoisotopic (exact) mass is 281 g/mol. The lowest BCUT2D eigenvalue weighted by molar-refractivity contribution is 0.177. The lowest BCUT2D eigenvalue weighted by atomic mass is 10.1. The van der Waals surface area contributed by atoms with Crippen LogP contribution in [-0.2, 0) is 10.4 Å². The SMILES string of the molecule is CNC[C@H](O)c1ccc(O)c(O)c1.O=S(=O)(O)O. The van der Waals surface area contributed by atoms with Crippen LogP contribution < -0.4 is 5.32 Å². The van der Waals surface area contributed by atoms with Crippen LogP contribution in [0.2, 0.25) is 0 Å². The Bertz CT molecular complexity index is 466. The number of phenols is 2. The summed E-state index contributed by atoms with van der Waals surface area (Å²) in [5.74, 6) is -0.395. The smallest absolute Gasteiger partial charge is 0.394 e. The number of aliphatic hydroxyl groups is 1. The molecule has 104 valence electrons. The van der Waals surface area contributed by atoms with Gasteiger partial charge in [0.05, 0.1) is 6.10 Å². The highest BCUT2D eigenvalue weighted by Gasteiger charge is 2.08. The standard InChI is InChI=1S/C9H13NO3.H2O4S/c1-10-5-9(13)6-2-3-7(11)8(12)4-6;1-5(2,3)4/h2-4,9-13H,5H2,1H3;(H2,1,2,3,4)/t9-;/m0./s1. The molecule has 0 amide bonds. The molecule has 0 radical (unpaired) electrons. The van der Waals surface area contributed by atoms with Crippen LogP contribution in [0.5, 0.6) is 11.5 Å². The van der Waals surface area contributed by atoms with Gasteiger partial charge in [-0.1, -0.05) is 6.07 Å². The summed E-state index contributed by atoms with van der Waals surface area (Å²) in [5.41, 5.74) is 0.574. The molecule has 0 heterocycles. The van der Waals surface area contributed by atoms with Gasteiger partial charge in [-0.15, -0.1) is 0 Å². The highest BCUT2D eigenvalue weighted by atomic mass is 32.3. The molecule has 0 saturated heterocycles. The van der Waals surface area contributed by atoms with Crippen LogP contribution in [0.1, 0.15) is 11.7 Å². The Balaban J connectivity index is 0.000000494. The normalized spacial score (nSPS) is 12.4. The molecular formula is C9H15NO7S. The van der Waals surface area contributed by atoms with E-state index in [4.69, 9.17) is 27.7 Å². The third-order valence-corrected chi connectivity index (χ3v) is 1.78. The average Bonchev–Trinajstić information content (AvgIpc) is 2.20. The average molecular weight is 281 g/mol. The largest absolute Gasteiger partial charge is 0.504 e. The van der Waals surface area contributed by atoms with E-state index in [-0.39, 0.29) is 11.5 Å². The topological polar surface area (TPSA) is 147 Å². The van der Waals surface area contributed by atoms with Crippen molar-refractivity contribution in [2.45, 2.75) is 6.10 Å². The maximum atomic E-state index is 9.48. The minimum Gasteiger partial charge on any atom is -0.504 e. The number of phenolic OH excluding ortho intramolecular Hbond substituents is 2. The molecule has 8 nitrogen and oxygen atoms in total. The van der Waals surface area contributed by atoms with Crippen molar-refractivity contribution in [3.05, 3.63) is 23.8 Å². The van der Waals surface area contributed by atoms with Crippen molar-refractivity contribution >= 4 is 10.4 Å². The van der Waals surface area contributed by atoms with Crippen molar-refractivity contribution in [3.8, 4) is 11.5 Å². The molecule has 0 aliphatic rings. The maximum Gasteiger partial charge on any atom is 0.394 e. The van der Waals surface area contributed by atoms with E-state index in [1.807, 2.05) is 0 Å². The molecule has 0 aliphatic carbocycles. The summed E-state index contributed by atoms with van der Waals surface area (Å²) < 4.78 is 31.6. The number of nitrogens with one attached hydrogen (secondary N) is 1. The lowest BCUT2D eigenvalue weighted by Gasteiger charge is -2.10. The predicted molar refractivity (Wildman–Crippen MR) is 62.8 cm³/mol. The second-order valence-corrected chi connectivity index (χ2v) is 4.17. The van der Waals surface area contributed by atoms with E-state index in [2.05, 4.69) is 5.32 Å². The van der Waals surface area contributed by atoms with Crippen molar-refractivity contribution in [1.29, 1.82) is 0 Å². The number of rotatable bonds is 3. The van der Waals surface area contributed by atoms with E-state index < -0.39 is 16.5 Å². The Hall–Kier alpha value is -1.39. The van der Waals surface area contributed by atoms with Gasteiger partial charge in [-0.2, -0.15) is 8.42 Å². The van der Waals surface area contributed by atoms with Gasteiger partial charge in [0.1, 0.15) is 0 Å². The zero-order chi connectivity index (χ0) is 14.3. The Morgan fingerprint density at radius 3 is 2.11 bits per heavy atom. The number of likely N-dealkylation sites (N-methyl/N-ethyl adjacent to an activating group) is 1. The van der Waals surface area contributed by atoms with E-state index in [1.165, 1.54) is 12.1 Å². The summed E-state index contributed by atoms with van der Waals surface area (Å²) >= 11 is 0. The van der Waals surface area contributed by atoms with Crippen LogP contribution in [0, 0.1) is 0 Å². The third-order valence-electron chi connectivity index (χ3n) is 1.78. The number of benzene rings is 1. The minimum absolute atomic E-state index is 0.180. The molecule has 0 unspecified atom stereocenters. The molecule has 0 spiro atoms. The van der Waals surface area contributed by atoms with Gasteiger partial charge >= 0.3 is 10.4 Å². The van der Waals surface area contributed by atoms with Crippen molar-refractivity contribution in [3.63, 3.8) is 0 Å². The van der Waals surface area contributed by atoms with Crippen molar-refractivity contribution < 1.29 is 32.8 Å². The van der Waals surface area contributed by atoms with Gasteiger partial charge in [-0.3, -0.25) is 9.11 Å². The van der Waals surface area contributed by atoms with Crippen LogP contribution in [0.25, 0.3) is 0 Å². The van der Waals surface area contributed by atoms with E-state index in [0.29, 0.717) is 12.1 Å². The van der Waals surface area contributed by atoms with Gasteiger partial charge in [-0.25, -0.2) is 0 Å². The lowest BCUT2D eigenvalue weighted by Crippen LogP contribution is -2.16. The molecule has 0 fully saturated rings. The summed E-state index contributed by atoms with van der Waals surface area (Å²) in [5, 5.41) is 30.4. The molecule has 1 atom stereocenters. The Morgan fingerprint density at radius 2 is 1.72 bits per heavy atom. The van der Waals surface area contributed by atoms with Crippen LogP contribution in [0.3, 0.4) is 0 Å². The molecular weight excluding hydrogens is 266 g/mol. The number of hydrogen-bond donors (Lipinski definition) is 6. The van der Waals surface area contributed by atoms with E-state index >= 15 is 0 Å². The molecule has 1 aromatic rings. The van der Waals surface area contributed by atoms with Gasteiger partial charge in [0.2, 0.25) is 0 Å². The zero-order valence-corrected chi connectivity index (χ0v) is 10.3. The van der Waals surface area contributed by atoms with E-state index in [9.17, 15) is 5.11 Å². The second kappa shape index (κ2) is 7.13. The molecule has 6 N–H and O–H groups in total. The second-order valence-electron chi connectivity index (χ2n) is 3.27. The van der Waals surface area contributed by atoms with Crippen molar-refractivity contribution in [2.24, 2.45) is 0 Å². The quantitative estimate of drug-likeness (QED) is 0.327. The zero-order valence-electron chi connectivity index (χ0n) is 9.48. The molecule has 0 saturated carbocycles. The highest BCUT2D eigenvalue weighted by Crippen LogP contribution is 2.27. The molecule has 0 aromatic heterocycles. The predicted octanol–water partition coefficient (Wildman–Crippen LogP) is -0.302. The number of hydrogen-bond acceptors (Lipinski definition) is 6. The molecule has 9 heteroatoms. The first kappa shape index (κ1) is 16.6. The Morgan fingerprint density at radius 1 is 1.22 bits per heavy atom. The van der Waals surface area contributed by atoms with Crippen LogP contribution in [0.15, 0.2) is 18.2 Å². The summed E-state index contributed by atoms with van der Waals surface area (Å²) in [6.45, 7) is 0.407. The summed E-state index contributed by atoms with van der Waals surface area (Å²) in [7, 11) is -2.94. The fourth-order valence-corrected chi connectivity index (χ4v) is 1.06. The summed E-state index contributed by atoms with van der Waals surface area (Å²) in [6, 6.07) is 4.26. The van der Waals surface area contributed by atoms with E-state index in [0.717, 1.165) is 0 Å². The fourth-order valence-electron chi connectivity index (χ4n) is 1.06. The van der Waals surface area contributed by atoms with Gasteiger partial charge < -0.3 is 20.6 Å². The number of aromatic hydroxyl groups is 2. The Kier molecular flexibility index (Phi) is 6.58. The van der Waals surface area contributed by atoms with Gasteiger partial charge in [0.25, 0.3) is 0 Å². The molecule has 1 rings (SSSR count). The molecule has 18 heavy (non-hydrogen) atoms.